The third-order valence-electron chi connectivity index (χ3n) is 2.87. The SMILES string of the molecule is CCCC(CC)NC(=O)c1cc(Cl)ccc1[N+](=O)[O-]. The van der Waals surface area contributed by atoms with Gasteiger partial charge in [0.2, 0.25) is 0 Å². The second-order valence-corrected chi connectivity index (χ2v) is 4.72. The molecule has 1 unspecified atom stereocenters. The fourth-order valence-corrected chi connectivity index (χ4v) is 2.01. The molecular weight excluding hydrogens is 268 g/mol. The average molecular weight is 285 g/mol. The maximum atomic E-state index is 12.1. The number of nitrogens with zero attached hydrogens (tertiary/aromatic N) is 1. The fourth-order valence-electron chi connectivity index (χ4n) is 1.84. The minimum atomic E-state index is -0.577. The van der Waals surface area contributed by atoms with Crippen LogP contribution >= 0.6 is 11.6 Å². The van der Waals surface area contributed by atoms with Crippen molar-refractivity contribution in [3.8, 4) is 0 Å². The van der Waals surface area contributed by atoms with Gasteiger partial charge in [-0.2, -0.15) is 0 Å². The molecule has 0 fully saturated rings. The third-order valence-corrected chi connectivity index (χ3v) is 3.10. The molecule has 0 bridgehead atoms. The van der Waals surface area contributed by atoms with E-state index in [0.29, 0.717) is 5.02 Å². The van der Waals surface area contributed by atoms with Crippen LogP contribution < -0.4 is 5.32 Å². The van der Waals surface area contributed by atoms with E-state index in [0.717, 1.165) is 19.3 Å². The Morgan fingerprint density at radius 2 is 2.16 bits per heavy atom. The third kappa shape index (κ3) is 4.21. The normalized spacial score (nSPS) is 11.9. The predicted octanol–water partition coefficient (Wildman–Crippen LogP) is 3.56. The first-order valence-corrected chi connectivity index (χ1v) is 6.62. The molecule has 1 aromatic rings. The molecule has 19 heavy (non-hydrogen) atoms. The van der Waals surface area contributed by atoms with Crippen LogP contribution in [0, 0.1) is 10.1 Å². The predicted molar refractivity (Wildman–Crippen MR) is 74.6 cm³/mol. The van der Waals surface area contributed by atoms with Crippen LogP contribution in [0.3, 0.4) is 0 Å². The lowest BCUT2D eigenvalue weighted by atomic mass is 10.1. The van der Waals surface area contributed by atoms with Crippen molar-refractivity contribution in [3.63, 3.8) is 0 Å². The molecule has 6 heteroatoms. The second kappa shape index (κ2) is 7.09. The van der Waals surface area contributed by atoms with Crippen molar-refractivity contribution in [3.05, 3.63) is 38.9 Å². The Morgan fingerprint density at radius 1 is 1.47 bits per heavy atom. The Labute approximate surface area is 117 Å². The van der Waals surface area contributed by atoms with E-state index in [2.05, 4.69) is 5.32 Å². The first kappa shape index (κ1) is 15.4. The molecule has 1 rings (SSSR count). The van der Waals surface area contributed by atoms with E-state index in [1.54, 1.807) is 0 Å². The molecule has 104 valence electrons. The number of nitro groups is 1. The van der Waals surface area contributed by atoms with E-state index in [1.165, 1.54) is 18.2 Å². The molecule has 0 spiro atoms. The molecule has 5 nitrogen and oxygen atoms in total. The van der Waals surface area contributed by atoms with Crippen LogP contribution in [0.2, 0.25) is 5.02 Å². The van der Waals surface area contributed by atoms with E-state index in [-0.39, 0.29) is 17.3 Å². The van der Waals surface area contributed by atoms with Gasteiger partial charge in [0.15, 0.2) is 0 Å². The van der Waals surface area contributed by atoms with Gasteiger partial charge >= 0.3 is 0 Å². The minimum Gasteiger partial charge on any atom is -0.349 e. The molecule has 1 N–H and O–H groups in total. The van der Waals surface area contributed by atoms with E-state index in [1.807, 2.05) is 13.8 Å². The summed E-state index contributed by atoms with van der Waals surface area (Å²) >= 11 is 5.79. The van der Waals surface area contributed by atoms with Gasteiger partial charge in [0.1, 0.15) is 5.56 Å². The first-order chi connectivity index (χ1) is 8.99. The van der Waals surface area contributed by atoms with Gasteiger partial charge in [-0.15, -0.1) is 0 Å². The fraction of sp³-hybridized carbons (Fsp3) is 0.462. The van der Waals surface area contributed by atoms with Crippen molar-refractivity contribution in [1.29, 1.82) is 0 Å². The molecule has 0 heterocycles. The van der Waals surface area contributed by atoms with Crippen LogP contribution in [0.4, 0.5) is 5.69 Å². The second-order valence-electron chi connectivity index (χ2n) is 4.29. The van der Waals surface area contributed by atoms with Crippen LogP contribution in [-0.2, 0) is 0 Å². The lowest BCUT2D eigenvalue weighted by molar-refractivity contribution is -0.385. The van der Waals surface area contributed by atoms with E-state index in [4.69, 9.17) is 11.6 Å². The minimum absolute atomic E-state index is 0.00653. The Hall–Kier alpha value is -1.62. The van der Waals surface area contributed by atoms with Crippen LogP contribution in [0.15, 0.2) is 18.2 Å². The van der Waals surface area contributed by atoms with Crippen LogP contribution in [0.25, 0.3) is 0 Å². The summed E-state index contributed by atoms with van der Waals surface area (Å²) in [5, 5.41) is 14.0. The van der Waals surface area contributed by atoms with E-state index >= 15 is 0 Å². The largest absolute Gasteiger partial charge is 0.349 e. The molecule has 1 aromatic carbocycles. The number of carbonyl (C=O) groups is 1. The molecule has 0 aliphatic carbocycles. The summed E-state index contributed by atoms with van der Waals surface area (Å²) in [7, 11) is 0. The lowest BCUT2D eigenvalue weighted by Gasteiger charge is -2.16. The molecule has 0 aliphatic rings. The number of nitro benzene ring substituents is 1. The van der Waals surface area contributed by atoms with Crippen molar-refractivity contribution in [2.45, 2.75) is 39.2 Å². The number of halogens is 1. The molecule has 0 saturated carbocycles. The quantitative estimate of drug-likeness (QED) is 0.641. The number of carbonyl (C=O) groups excluding carboxylic acids is 1. The topological polar surface area (TPSA) is 72.2 Å². The molecule has 0 aliphatic heterocycles. The highest BCUT2D eigenvalue weighted by Gasteiger charge is 2.21. The summed E-state index contributed by atoms with van der Waals surface area (Å²) in [6.45, 7) is 3.99. The summed E-state index contributed by atoms with van der Waals surface area (Å²) < 4.78 is 0. The van der Waals surface area contributed by atoms with Gasteiger partial charge in [-0.25, -0.2) is 0 Å². The van der Waals surface area contributed by atoms with E-state index in [9.17, 15) is 14.9 Å². The Morgan fingerprint density at radius 3 is 2.68 bits per heavy atom. The average Bonchev–Trinajstić information content (AvgIpc) is 2.37. The van der Waals surface area contributed by atoms with Crippen LogP contribution in [0.5, 0.6) is 0 Å². The van der Waals surface area contributed by atoms with Crippen LogP contribution in [0.1, 0.15) is 43.5 Å². The van der Waals surface area contributed by atoms with Crippen LogP contribution in [-0.4, -0.2) is 16.9 Å². The van der Waals surface area contributed by atoms with Crippen molar-refractivity contribution in [1.82, 2.24) is 5.32 Å². The van der Waals surface area contributed by atoms with Crippen molar-refractivity contribution in [2.24, 2.45) is 0 Å². The number of amides is 1. The molecular formula is C13H17ClN2O3. The highest BCUT2D eigenvalue weighted by Crippen LogP contribution is 2.23. The zero-order chi connectivity index (χ0) is 14.4. The summed E-state index contributed by atoms with van der Waals surface area (Å²) in [5.74, 6) is -0.450. The van der Waals surface area contributed by atoms with Gasteiger partial charge in [-0.3, -0.25) is 14.9 Å². The Bertz CT molecular complexity index is 477. The van der Waals surface area contributed by atoms with Crippen molar-refractivity contribution in [2.75, 3.05) is 0 Å². The zero-order valence-corrected chi connectivity index (χ0v) is 11.7. The summed E-state index contributed by atoms with van der Waals surface area (Å²) in [6, 6.07) is 4.00. The van der Waals surface area contributed by atoms with Crippen molar-refractivity contribution >= 4 is 23.2 Å². The maximum absolute atomic E-state index is 12.1. The zero-order valence-electron chi connectivity index (χ0n) is 11.0. The maximum Gasteiger partial charge on any atom is 0.282 e. The highest BCUT2D eigenvalue weighted by atomic mass is 35.5. The van der Waals surface area contributed by atoms with Gasteiger partial charge in [-0.1, -0.05) is 31.9 Å². The smallest absolute Gasteiger partial charge is 0.282 e. The van der Waals surface area contributed by atoms with Gasteiger partial charge in [0, 0.05) is 17.1 Å². The van der Waals surface area contributed by atoms with E-state index < -0.39 is 10.8 Å². The summed E-state index contributed by atoms with van der Waals surface area (Å²) in [6.07, 6.45) is 2.57. The van der Waals surface area contributed by atoms with Gasteiger partial charge in [-0.05, 0) is 25.0 Å². The number of nitrogens with one attached hydrogen (secondary N) is 1. The number of hydrogen-bond donors (Lipinski definition) is 1. The van der Waals surface area contributed by atoms with Crippen molar-refractivity contribution < 1.29 is 9.72 Å². The first-order valence-electron chi connectivity index (χ1n) is 6.24. The molecule has 0 radical (unpaired) electrons. The van der Waals surface area contributed by atoms with Gasteiger partial charge in [0.25, 0.3) is 11.6 Å². The standard InChI is InChI=1S/C13H17ClN2O3/c1-3-5-10(4-2)15-13(17)11-8-9(14)6-7-12(11)16(18)19/h6-8,10H,3-5H2,1-2H3,(H,15,17). The van der Waals surface area contributed by atoms with Gasteiger partial charge < -0.3 is 5.32 Å². The Kier molecular flexibility index (Phi) is 5.76. The molecule has 0 saturated heterocycles. The summed E-state index contributed by atoms with van der Waals surface area (Å²) in [4.78, 5) is 22.4. The molecule has 1 atom stereocenters. The van der Waals surface area contributed by atoms with Gasteiger partial charge in [0.05, 0.1) is 4.92 Å². The summed E-state index contributed by atoms with van der Waals surface area (Å²) in [5.41, 5.74) is -0.222. The lowest BCUT2D eigenvalue weighted by Crippen LogP contribution is -2.34. The molecule has 1 amide bonds. The molecule has 0 aromatic heterocycles. The monoisotopic (exact) mass is 284 g/mol. The Balaban J connectivity index is 2.98. The number of rotatable bonds is 6. The number of benzene rings is 1. The highest BCUT2D eigenvalue weighted by molar-refractivity contribution is 6.31. The number of hydrogen-bond acceptors (Lipinski definition) is 3.